The maximum Gasteiger partial charge on any atom is 1.00 e. The van der Waals surface area contributed by atoms with Crippen molar-refractivity contribution in [3.05, 3.63) is 0 Å². The van der Waals surface area contributed by atoms with E-state index < -0.39 is 6.16 Å². The van der Waals surface area contributed by atoms with E-state index in [1.165, 1.54) is 0 Å². The number of carboxylic acid groups (broad SMARTS) is 2. The molecule has 0 aromatic rings. The van der Waals surface area contributed by atoms with Crippen LogP contribution in [0.15, 0.2) is 0 Å². The fourth-order valence-electron chi connectivity index (χ4n) is 0. The van der Waals surface area contributed by atoms with Crippen molar-refractivity contribution < 1.29 is 90.4 Å². The molecule has 0 fully saturated rings. The van der Waals surface area contributed by atoms with Crippen LogP contribution in [-0.2, 0) is 0 Å². The first kappa shape index (κ1) is 15.7. The van der Waals surface area contributed by atoms with E-state index in [0.717, 1.165) is 7.11 Å². The summed E-state index contributed by atoms with van der Waals surface area (Å²) in [5, 5.41) is 20.9. The van der Waals surface area contributed by atoms with Crippen molar-refractivity contribution in [1.82, 2.24) is 0 Å². The zero-order valence-corrected chi connectivity index (χ0v) is 10.5. The summed E-state index contributed by atoms with van der Waals surface area (Å²) >= 11 is 0. The average molecular weight is 228 g/mol. The first-order chi connectivity index (χ1) is 2.73. The zero-order chi connectivity index (χ0) is 5.58. The van der Waals surface area contributed by atoms with Crippen LogP contribution in [0, 0.1) is 0 Å². The molecule has 0 radical (unpaired) electrons. The molecule has 40 valence electrons. The minimum Gasteiger partial charge on any atom is -1.00 e. The molecule has 0 aromatic carbocycles. The maximum absolute atomic E-state index is 8.56. The van der Waals surface area contributed by atoms with Crippen molar-refractivity contribution in [1.29, 1.82) is 0 Å². The third-order valence-electron chi connectivity index (χ3n) is 0. The van der Waals surface area contributed by atoms with E-state index >= 15 is 0 Å². The third-order valence-corrected chi connectivity index (χ3v) is 0. The molecular weight excluding hydrogens is 221 g/mol. The fourth-order valence-corrected chi connectivity index (χ4v) is 0. The molecule has 0 aliphatic carbocycles. The van der Waals surface area contributed by atoms with E-state index in [1.807, 2.05) is 0 Å². The summed E-state index contributed by atoms with van der Waals surface area (Å²) in [7, 11) is 1.00. The van der Waals surface area contributed by atoms with Crippen LogP contribution in [0.2, 0.25) is 0 Å². The van der Waals surface area contributed by atoms with Crippen LogP contribution >= 0.6 is 0 Å². The van der Waals surface area contributed by atoms with Gasteiger partial charge in [0.05, 0.1) is 0 Å². The molecule has 0 rings (SSSR count). The molecule has 0 saturated heterocycles. The number of aliphatic hydroxyl groups excluding tert-OH is 1. The minimum absolute atomic E-state index is 0. The minimum atomic E-state index is -1.83. The van der Waals surface area contributed by atoms with Crippen LogP contribution in [0.25, 0.3) is 0 Å². The van der Waals surface area contributed by atoms with E-state index in [0.29, 0.717) is 0 Å². The van der Waals surface area contributed by atoms with Gasteiger partial charge in [-0.05, 0) is 0 Å². The van der Waals surface area contributed by atoms with E-state index in [-0.39, 0.29) is 70.3 Å². The fraction of sp³-hybridized carbons (Fsp3) is 0.500. The van der Waals surface area contributed by atoms with Crippen LogP contribution in [-0.4, -0.2) is 28.6 Å². The van der Waals surface area contributed by atoms with Gasteiger partial charge in [-0.2, -0.15) is 0 Å². The molecule has 5 heteroatoms. The number of hydrogen-bond acceptors (Lipinski definition) is 2. The van der Waals surface area contributed by atoms with Crippen LogP contribution in [0.3, 0.4) is 0 Å². The molecular formula is C2H7CsO4. The molecule has 0 atom stereocenters. The Labute approximate surface area is 101 Å². The molecule has 7 heavy (non-hydrogen) atoms. The number of hydrogen-bond donors (Lipinski definition) is 3. The Morgan fingerprint density at radius 3 is 1.43 bits per heavy atom. The molecule has 0 amide bonds. The topological polar surface area (TPSA) is 77.8 Å². The van der Waals surface area contributed by atoms with Crippen molar-refractivity contribution >= 4 is 6.16 Å². The molecule has 0 bridgehead atoms. The summed E-state index contributed by atoms with van der Waals surface area (Å²) in [6.45, 7) is 0. The molecule has 0 saturated carbocycles. The average Bonchev–Trinajstić information content (AvgIpc) is 1.41. The van der Waals surface area contributed by atoms with Crippen molar-refractivity contribution in [3.8, 4) is 0 Å². The van der Waals surface area contributed by atoms with Crippen molar-refractivity contribution in [3.63, 3.8) is 0 Å². The largest absolute Gasteiger partial charge is 1.00 e. The Balaban J connectivity index is -0.0000000183. The van der Waals surface area contributed by atoms with Gasteiger partial charge in [-0.3, -0.25) is 0 Å². The summed E-state index contributed by atoms with van der Waals surface area (Å²) < 4.78 is 0. The van der Waals surface area contributed by atoms with Gasteiger partial charge in [0, 0.05) is 7.11 Å². The maximum atomic E-state index is 8.56. The molecule has 0 aliphatic rings. The molecule has 0 aromatic heterocycles. The van der Waals surface area contributed by atoms with Crippen LogP contribution in [0.1, 0.15) is 1.43 Å². The van der Waals surface area contributed by atoms with Crippen molar-refractivity contribution in [2.24, 2.45) is 0 Å². The third kappa shape index (κ3) is 124. The summed E-state index contributed by atoms with van der Waals surface area (Å²) in [6, 6.07) is 0. The van der Waals surface area contributed by atoms with E-state index in [4.69, 9.17) is 20.1 Å². The van der Waals surface area contributed by atoms with Crippen molar-refractivity contribution in [2.75, 3.05) is 7.11 Å². The molecule has 0 heterocycles. The predicted octanol–water partition coefficient (Wildman–Crippen LogP) is -3.05. The number of carbonyl (C=O) groups is 1. The van der Waals surface area contributed by atoms with Gasteiger partial charge in [-0.1, -0.05) is 0 Å². The molecule has 0 spiro atoms. The van der Waals surface area contributed by atoms with E-state index in [1.54, 1.807) is 0 Å². The second-order valence-electron chi connectivity index (χ2n) is 0.283. The first-order valence-corrected chi connectivity index (χ1v) is 1.10. The van der Waals surface area contributed by atoms with Gasteiger partial charge in [0.1, 0.15) is 0 Å². The van der Waals surface area contributed by atoms with Gasteiger partial charge in [-0.15, -0.1) is 0 Å². The number of aliphatic hydroxyl groups is 1. The second-order valence-corrected chi connectivity index (χ2v) is 0.283. The summed E-state index contributed by atoms with van der Waals surface area (Å²) in [4.78, 5) is 8.56. The quantitative estimate of drug-likeness (QED) is 0.411. The summed E-state index contributed by atoms with van der Waals surface area (Å²) in [5.41, 5.74) is 0. The normalized spacial score (nSPS) is 4.29. The Morgan fingerprint density at radius 1 is 1.43 bits per heavy atom. The van der Waals surface area contributed by atoms with Gasteiger partial charge in [0.15, 0.2) is 0 Å². The molecule has 0 aliphatic heterocycles. The SMILES string of the molecule is CO.O=C(O)O.[Cs+].[H-]. The van der Waals surface area contributed by atoms with Crippen LogP contribution in [0.5, 0.6) is 0 Å². The Hall–Kier alpha value is 1.28. The van der Waals surface area contributed by atoms with Gasteiger partial charge in [0.2, 0.25) is 0 Å². The van der Waals surface area contributed by atoms with Gasteiger partial charge >= 0.3 is 75.0 Å². The van der Waals surface area contributed by atoms with Gasteiger partial charge in [-0.25, -0.2) is 4.79 Å². The Kier molecular flexibility index (Phi) is 35.2. The van der Waals surface area contributed by atoms with Crippen LogP contribution in [0.4, 0.5) is 4.79 Å². The second kappa shape index (κ2) is 15.7. The standard InChI is InChI=1S/CH2O3.CH4O.Cs.H/c2-1(3)4;1-2;;/h(H2,2,3,4);2H,1H3;;/q;;+1;-1. The first-order valence-electron chi connectivity index (χ1n) is 1.10. The summed E-state index contributed by atoms with van der Waals surface area (Å²) in [6.07, 6.45) is -1.83. The predicted molar refractivity (Wildman–Crippen MR) is 19.9 cm³/mol. The zero-order valence-electron chi connectivity index (χ0n) is 5.25. The Morgan fingerprint density at radius 2 is 1.43 bits per heavy atom. The smallest absolute Gasteiger partial charge is 1.00 e. The molecule has 4 nitrogen and oxygen atoms in total. The summed E-state index contributed by atoms with van der Waals surface area (Å²) in [5.74, 6) is 0. The van der Waals surface area contributed by atoms with Crippen LogP contribution < -0.4 is 68.9 Å². The van der Waals surface area contributed by atoms with Gasteiger partial charge in [0.25, 0.3) is 0 Å². The van der Waals surface area contributed by atoms with E-state index in [9.17, 15) is 0 Å². The monoisotopic (exact) mass is 228 g/mol. The molecule has 3 N–H and O–H groups in total. The molecule has 0 unspecified atom stereocenters. The Bertz CT molecular complexity index is 37.0. The van der Waals surface area contributed by atoms with Gasteiger partial charge < -0.3 is 16.7 Å². The van der Waals surface area contributed by atoms with E-state index in [2.05, 4.69) is 0 Å². The van der Waals surface area contributed by atoms with Crippen molar-refractivity contribution in [2.45, 2.75) is 0 Å². The number of rotatable bonds is 0.